The fraction of sp³-hybridized carbons (Fsp3) is 0.381. The molecule has 2 amide bonds. The normalized spacial score (nSPS) is 15.6. The average Bonchev–Trinajstić information content (AvgIpc) is 2.65. The SMILES string of the molecule is Cc1ccc(NC(=O)NCC2CCN(Cc3ccc(F)cc3)CC2)cc1. The molecule has 0 atom stereocenters. The summed E-state index contributed by atoms with van der Waals surface area (Å²) < 4.78 is 13.0. The van der Waals surface area contributed by atoms with E-state index >= 15 is 0 Å². The second kappa shape index (κ2) is 8.81. The van der Waals surface area contributed by atoms with Gasteiger partial charge in [-0.15, -0.1) is 0 Å². The monoisotopic (exact) mass is 355 g/mol. The minimum Gasteiger partial charge on any atom is -0.338 e. The van der Waals surface area contributed by atoms with Crippen LogP contribution in [0.4, 0.5) is 14.9 Å². The number of rotatable bonds is 5. The van der Waals surface area contributed by atoms with E-state index in [4.69, 9.17) is 0 Å². The first-order valence-electron chi connectivity index (χ1n) is 9.17. The zero-order valence-corrected chi connectivity index (χ0v) is 15.2. The van der Waals surface area contributed by atoms with Crippen molar-refractivity contribution in [3.63, 3.8) is 0 Å². The van der Waals surface area contributed by atoms with Gasteiger partial charge >= 0.3 is 6.03 Å². The van der Waals surface area contributed by atoms with Crippen LogP contribution in [0.3, 0.4) is 0 Å². The summed E-state index contributed by atoms with van der Waals surface area (Å²) in [6.07, 6.45) is 2.12. The largest absolute Gasteiger partial charge is 0.338 e. The Hall–Kier alpha value is -2.40. The molecule has 1 aliphatic heterocycles. The number of amides is 2. The van der Waals surface area contributed by atoms with E-state index in [1.165, 1.54) is 17.7 Å². The highest BCUT2D eigenvalue weighted by Crippen LogP contribution is 2.18. The average molecular weight is 355 g/mol. The van der Waals surface area contributed by atoms with Crippen LogP contribution in [-0.2, 0) is 6.54 Å². The zero-order valence-electron chi connectivity index (χ0n) is 15.2. The van der Waals surface area contributed by atoms with Crippen LogP contribution in [0.5, 0.6) is 0 Å². The van der Waals surface area contributed by atoms with Gasteiger partial charge in [-0.1, -0.05) is 29.8 Å². The van der Waals surface area contributed by atoms with Gasteiger partial charge in [0.15, 0.2) is 0 Å². The predicted molar refractivity (Wildman–Crippen MR) is 103 cm³/mol. The molecule has 1 heterocycles. The number of benzene rings is 2. The zero-order chi connectivity index (χ0) is 18.4. The Labute approximate surface area is 154 Å². The number of aryl methyl sites for hydroxylation is 1. The molecule has 1 fully saturated rings. The van der Waals surface area contributed by atoms with Crippen LogP contribution < -0.4 is 10.6 Å². The number of piperidine rings is 1. The lowest BCUT2D eigenvalue weighted by Crippen LogP contribution is -2.39. The van der Waals surface area contributed by atoms with Crippen LogP contribution in [0.25, 0.3) is 0 Å². The molecule has 1 aliphatic rings. The van der Waals surface area contributed by atoms with Crippen molar-refractivity contribution < 1.29 is 9.18 Å². The van der Waals surface area contributed by atoms with E-state index in [0.717, 1.165) is 43.7 Å². The summed E-state index contributed by atoms with van der Waals surface area (Å²) in [4.78, 5) is 14.4. The first kappa shape index (κ1) is 18.4. The van der Waals surface area contributed by atoms with E-state index in [2.05, 4.69) is 15.5 Å². The summed E-state index contributed by atoms with van der Waals surface area (Å²) in [5.41, 5.74) is 3.12. The number of hydrogen-bond acceptors (Lipinski definition) is 2. The molecule has 2 aromatic rings. The van der Waals surface area contributed by atoms with Crippen molar-refractivity contribution in [1.29, 1.82) is 0 Å². The van der Waals surface area contributed by atoms with Crippen molar-refractivity contribution >= 4 is 11.7 Å². The molecule has 2 aromatic carbocycles. The van der Waals surface area contributed by atoms with Crippen molar-refractivity contribution in [2.24, 2.45) is 5.92 Å². The molecule has 26 heavy (non-hydrogen) atoms. The van der Waals surface area contributed by atoms with Gasteiger partial charge in [-0.2, -0.15) is 0 Å². The summed E-state index contributed by atoms with van der Waals surface area (Å²) in [5, 5.41) is 5.84. The molecule has 3 rings (SSSR count). The highest BCUT2D eigenvalue weighted by molar-refractivity contribution is 5.89. The molecule has 0 unspecified atom stereocenters. The highest BCUT2D eigenvalue weighted by Gasteiger charge is 2.19. The molecular formula is C21H26FN3O. The number of carbonyl (C=O) groups is 1. The molecule has 0 bridgehead atoms. The Morgan fingerprint density at radius 3 is 2.38 bits per heavy atom. The van der Waals surface area contributed by atoms with Gasteiger partial charge in [0.2, 0.25) is 0 Å². The van der Waals surface area contributed by atoms with Crippen LogP contribution in [0.15, 0.2) is 48.5 Å². The maximum absolute atomic E-state index is 13.0. The summed E-state index contributed by atoms with van der Waals surface area (Å²) >= 11 is 0. The van der Waals surface area contributed by atoms with Gasteiger partial charge in [-0.05, 0) is 68.6 Å². The smallest absolute Gasteiger partial charge is 0.319 e. The van der Waals surface area contributed by atoms with E-state index in [-0.39, 0.29) is 11.8 Å². The molecule has 4 nitrogen and oxygen atoms in total. The van der Waals surface area contributed by atoms with Gasteiger partial charge in [-0.25, -0.2) is 9.18 Å². The molecule has 0 radical (unpaired) electrons. The van der Waals surface area contributed by atoms with Gasteiger partial charge in [0, 0.05) is 18.8 Å². The lowest BCUT2D eigenvalue weighted by atomic mass is 9.96. The highest BCUT2D eigenvalue weighted by atomic mass is 19.1. The lowest BCUT2D eigenvalue weighted by molar-refractivity contribution is 0.175. The Morgan fingerprint density at radius 1 is 1.08 bits per heavy atom. The van der Waals surface area contributed by atoms with E-state index in [1.54, 1.807) is 0 Å². The van der Waals surface area contributed by atoms with Gasteiger partial charge < -0.3 is 10.6 Å². The van der Waals surface area contributed by atoms with Crippen molar-refractivity contribution in [3.8, 4) is 0 Å². The minimum atomic E-state index is -0.192. The van der Waals surface area contributed by atoms with Crippen LogP contribution in [-0.4, -0.2) is 30.6 Å². The number of halogens is 1. The maximum Gasteiger partial charge on any atom is 0.319 e. The van der Waals surface area contributed by atoms with E-state index in [0.29, 0.717) is 12.5 Å². The van der Waals surface area contributed by atoms with E-state index in [9.17, 15) is 9.18 Å². The first-order valence-corrected chi connectivity index (χ1v) is 9.17. The third-order valence-corrected chi connectivity index (χ3v) is 4.89. The summed E-state index contributed by atoms with van der Waals surface area (Å²) in [7, 11) is 0. The summed E-state index contributed by atoms with van der Waals surface area (Å²) in [6, 6.07) is 14.3. The first-order chi connectivity index (χ1) is 12.6. The molecule has 5 heteroatoms. The van der Waals surface area contributed by atoms with Gasteiger partial charge in [0.1, 0.15) is 5.82 Å². The maximum atomic E-state index is 13.0. The van der Waals surface area contributed by atoms with Gasteiger partial charge in [0.25, 0.3) is 0 Å². The standard InChI is InChI=1S/C21H26FN3O/c1-16-2-8-20(9-3-16)24-21(26)23-14-17-10-12-25(13-11-17)15-18-4-6-19(22)7-5-18/h2-9,17H,10-15H2,1H3,(H2,23,24,26). The number of likely N-dealkylation sites (tertiary alicyclic amines) is 1. The molecule has 0 aliphatic carbocycles. The fourth-order valence-electron chi connectivity index (χ4n) is 3.25. The van der Waals surface area contributed by atoms with Crippen LogP contribution >= 0.6 is 0 Å². The van der Waals surface area contributed by atoms with Crippen molar-refractivity contribution in [2.75, 3.05) is 25.0 Å². The van der Waals surface area contributed by atoms with Gasteiger partial charge in [0.05, 0.1) is 0 Å². The molecule has 1 saturated heterocycles. The number of carbonyl (C=O) groups excluding carboxylic acids is 1. The predicted octanol–water partition coefficient (Wildman–Crippen LogP) is 4.17. The third-order valence-electron chi connectivity index (χ3n) is 4.89. The Morgan fingerprint density at radius 2 is 1.73 bits per heavy atom. The number of anilines is 1. The van der Waals surface area contributed by atoms with Crippen molar-refractivity contribution in [3.05, 3.63) is 65.5 Å². The van der Waals surface area contributed by atoms with E-state index < -0.39 is 0 Å². The third kappa shape index (κ3) is 5.56. The lowest BCUT2D eigenvalue weighted by Gasteiger charge is -2.32. The fourth-order valence-corrected chi connectivity index (χ4v) is 3.25. The number of hydrogen-bond donors (Lipinski definition) is 2. The Bertz CT molecular complexity index is 707. The quantitative estimate of drug-likeness (QED) is 0.845. The Kier molecular flexibility index (Phi) is 6.23. The van der Waals surface area contributed by atoms with Crippen LogP contribution in [0.1, 0.15) is 24.0 Å². The minimum absolute atomic E-state index is 0.150. The molecule has 138 valence electrons. The molecule has 0 saturated carbocycles. The number of nitrogens with one attached hydrogen (secondary N) is 2. The van der Waals surface area contributed by atoms with E-state index in [1.807, 2.05) is 43.3 Å². The van der Waals surface area contributed by atoms with Crippen LogP contribution in [0, 0.1) is 18.7 Å². The molecular weight excluding hydrogens is 329 g/mol. The molecule has 2 N–H and O–H groups in total. The van der Waals surface area contributed by atoms with Crippen molar-refractivity contribution in [1.82, 2.24) is 10.2 Å². The molecule has 0 spiro atoms. The number of nitrogens with zero attached hydrogens (tertiary/aromatic N) is 1. The summed E-state index contributed by atoms with van der Waals surface area (Å²) in [6.45, 7) is 5.58. The Balaban J connectivity index is 1.36. The summed E-state index contributed by atoms with van der Waals surface area (Å²) in [5.74, 6) is 0.311. The van der Waals surface area contributed by atoms with Gasteiger partial charge in [-0.3, -0.25) is 4.90 Å². The van der Waals surface area contributed by atoms with Crippen LogP contribution in [0.2, 0.25) is 0 Å². The second-order valence-electron chi connectivity index (χ2n) is 7.05. The van der Waals surface area contributed by atoms with Crippen molar-refractivity contribution in [2.45, 2.75) is 26.3 Å². The number of urea groups is 1. The topological polar surface area (TPSA) is 44.4 Å². The second-order valence-corrected chi connectivity index (χ2v) is 7.05. The molecule has 0 aromatic heterocycles.